The van der Waals surface area contributed by atoms with Gasteiger partial charge in [-0.25, -0.2) is 4.98 Å². The molecule has 2 aromatic heterocycles. The van der Waals surface area contributed by atoms with Crippen LogP contribution in [0.2, 0.25) is 0 Å². The Bertz CT molecular complexity index is 1030. The van der Waals surface area contributed by atoms with E-state index in [1.54, 1.807) is 14.0 Å². The van der Waals surface area contributed by atoms with Gasteiger partial charge in [0.05, 0.1) is 36.0 Å². The number of rotatable bonds is 4. The number of hydrazone groups is 1. The molecule has 0 spiro atoms. The molecule has 1 aliphatic heterocycles. The monoisotopic (exact) mass is 368 g/mol. The molecule has 1 atom stereocenters. The number of nitrogens with zero attached hydrogens (tertiary/aromatic N) is 4. The molecule has 4 rings (SSSR count). The van der Waals surface area contributed by atoms with Crippen molar-refractivity contribution in [3.8, 4) is 5.75 Å². The fourth-order valence-corrected chi connectivity index (χ4v) is 4.22. The standard InChI is InChI=1S/C19H20N4O2S/c1-11-16-15(17-18(22(16)3)21-19(26-17)12(2)24)9-20-23(11)10-13-6-5-7-14(8-13)25-4/h5-9,12,24H,1,10H2,2-4H3. The first-order valence-electron chi connectivity index (χ1n) is 8.30. The third-order valence-electron chi connectivity index (χ3n) is 4.51. The number of aliphatic hydroxyl groups is 1. The Balaban J connectivity index is 1.70. The molecule has 1 N–H and O–H groups in total. The lowest BCUT2D eigenvalue weighted by atomic mass is 10.1. The molecule has 0 saturated heterocycles. The lowest BCUT2D eigenvalue weighted by Crippen LogP contribution is -2.21. The van der Waals surface area contributed by atoms with Crippen LogP contribution < -0.4 is 4.74 Å². The maximum Gasteiger partial charge on any atom is 0.152 e. The molecule has 1 aliphatic rings. The first-order chi connectivity index (χ1) is 12.5. The van der Waals surface area contributed by atoms with E-state index in [-0.39, 0.29) is 0 Å². The summed E-state index contributed by atoms with van der Waals surface area (Å²) in [5.41, 5.74) is 4.80. The van der Waals surface area contributed by atoms with Crippen molar-refractivity contribution in [2.75, 3.05) is 7.11 Å². The topological polar surface area (TPSA) is 62.9 Å². The van der Waals surface area contributed by atoms with Crippen molar-refractivity contribution in [2.24, 2.45) is 12.1 Å². The van der Waals surface area contributed by atoms with Gasteiger partial charge in [0.1, 0.15) is 16.9 Å². The van der Waals surface area contributed by atoms with Gasteiger partial charge in [0, 0.05) is 12.6 Å². The number of hydrogen-bond acceptors (Lipinski definition) is 6. The Hall–Kier alpha value is -2.64. The van der Waals surface area contributed by atoms with Gasteiger partial charge in [-0.1, -0.05) is 18.7 Å². The molecule has 1 aromatic carbocycles. The van der Waals surface area contributed by atoms with Gasteiger partial charge < -0.3 is 14.4 Å². The van der Waals surface area contributed by atoms with Crippen LogP contribution in [0.1, 0.15) is 34.9 Å². The van der Waals surface area contributed by atoms with Crippen molar-refractivity contribution in [1.29, 1.82) is 0 Å². The van der Waals surface area contributed by atoms with E-state index in [4.69, 9.17) is 4.74 Å². The fraction of sp³-hybridized carbons (Fsp3) is 0.263. The molecule has 0 bridgehead atoms. The second-order valence-corrected chi connectivity index (χ2v) is 7.33. The molecule has 0 radical (unpaired) electrons. The third-order valence-corrected chi connectivity index (χ3v) is 5.76. The van der Waals surface area contributed by atoms with Gasteiger partial charge in [0.25, 0.3) is 0 Å². The van der Waals surface area contributed by atoms with Gasteiger partial charge in [0.2, 0.25) is 0 Å². The zero-order valence-corrected chi connectivity index (χ0v) is 15.7. The minimum atomic E-state index is -0.573. The van der Waals surface area contributed by atoms with Crippen LogP contribution in [0.15, 0.2) is 35.9 Å². The second kappa shape index (κ2) is 6.26. The van der Waals surface area contributed by atoms with Crippen molar-refractivity contribution >= 4 is 33.6 Å². The Morgan fingerprint density at radius 2 is 2.19 bits per heavy atom. The highest BCUT2D eigenvalue weighted by atomic mass is 32.1. The highest BCUT2D eigenvalue weighted by Crippen LogP contribution is 2.37. The molecule has 26 heavy (non-hydrogen) atoms. The SMILES string of the molecule is C=C1c2c(c3sc(C(C)O)nc3n2C)C=NN1Cc1cccc(OC)c1. The van der Waals surface area contributed by atoms with Crippen LogP contribution in [-0.2, 0) is 13.6 Å². The quantitative estimate of drug-likeness (QED) is 0.765. The molecule has 3 aromatic rings. The molecular formula is C19H20N4O2S. The van der Waals surface area contributed by atoms with Gasteiger partial charge in [-0.2, -0.15) is 5.10 Å². The summed E-state index contributed by atoms with van der Waals surface area (Å²) in [6.45, 7) is 6.59. The normalized spacial score (nSPS) is 14.8. The van der Waals surface area contributed by atoms with Crippen LogP contribution in [0.25, 0.3) is 16.0 Å². The Morgan fingerprint density at radius 1 is 1.38 bits per heavy atom. The maximum absolute atomic E-state index is 9.81. The van der Waals surface area contributed by atoms with Gasteiger partial charge in [-0.15, -0.1) is 11.3 Å². The highest BCUT2D eigenvalue weighted by Gasteiger charge is 2.26. The van der Waals surface area contributed by atoms with Gasteiger partial charge >= 0.3 is 0 Å². The zero-order valence-electron chi connectivity index (χ0n) is 14.9. The number of thiazole rings is 1. The molecule has 134 valence electrons. The average molecular weight is 368 g/mol. The van der Waals surface area contributed by atoms with E-state index < -0.39 is 6.10 Å². The minimum Gasteiger partial charge on any atom is -0.497 e. The molecule has 0 saturated carbocycles. The fourth-order valence-electron chi connectivity index (χ4n) is 3.17. The largest absolute Gasteiger partial charge is 0.497 e. The van der Waals surface area contributed by atoms with E-state index in [2.05, 4.69) is 16.7 Å². The number of aromatic nitrogens is 2. The van der Waals surface area contributed by atoms with Crippen molar-refractivity contribution in [1.82, 2.24) is 14.6 Å². The highest BCUT2D eigenvalue weighted by molar-refractivity contribution is 7.19. The third kappa shape index (κ3) is 2.60. The first kappa shape index (κ1) is 16.8. The van der Waals surface area contributed by atoms with Gasteiger partial charge in [0.15, 0.2) is 5.65 Å². The van der Waals surface area contributed by atoms with Crippen LogP contribution in [-0.4, -0.2) is 33.0 Å². The van der Waals surface area contributed by atoms with Crippen LogP contribution in [0.5, 0.6) is 5.75 Å². The molecular weight excluding hydrogens is 348 g/mol. The van der Waals surface area contributed by atoms with E-state index in [9.17, 15) is 5.11 Å². The number of hydrogen-bond donors (Lipinski definition) is 1. The van der Waals surface area contributed by atoms with Crippen molar-refractivity contribution in [2.45, 2.75) is 19.6 Å². The van der Waals surface area contributed by atoms with Gasteiger partial charge in [-0.05, 0) is 24.6 Å². The molecule has 0 amide bonds. The molecule has 7 heteroatoms. The van der Waals surface area contributed by atoms with E-state index in [0.717, 1.165) is 38.6 Å². The summed E-state index contributed by atoms with van der Waals surface area (Å²) in [6, 6.07) is 7.93. The van der Waals surface area contributed by atoms with Crippen molar-refractivity contribution in [3.63, 3.8) is 0 Å². The molecule has 0 fully saturated rings. The number of aryl methyl sites for hydroxylation is 1. The van der Waals surface area contributed by atoms with Crippen LogP contribution >= 0.6 is 11.3 Å². The smallest absolute Gasteiger partial charge is 0.152 e. The number of ether oxygens (including phenoxy) is 1. The molecule has 6 nitrogen and oxygen atoms in total. The first-order valence-corrected chi connectivity index (χ1v) is 9.12. The Labute approximate surface area is 155 Å². The second-order valence-electron chi connectivity index (χ2n) is 6.30. The van der Waals surface area contributed by atoms with Crippen molar-refractivity contribution in [3.05, 3.63) is 52.7 Å². The van der Waals surface area contributed by atoms with Crippen LogP contribution in [0.4, 0.5) is 0 Å². The van der Waals surface area contributed by atoms with E-state index >= 15 is 0 Å². The number of benzene rings is 1. The Kier molecular flexibility index (Phi) is 4.05. The Morgan fingerprint density at radius 3 is 2.92 bits per heavy atom. The summed E-state index contributed by atoms with van der Waals surface area (Å²) in [5, 5.41) is 17.0. The predicted octanol–water partition coefficient (Wildman–Crippen LogP) is 3.52. The van der Waals surface area contributed by atoms with E-state index in [1.165, 1.54) is 11.3 Å². The average Bonchev–Trinajstić information content (AvgIpc) is 3.18. The van der Waals surface area contributed by atoms with Gasteiger partial charge in [-0.3, -0.25) is 5.01 Å². The summed E-state index contributed by atoms with van der Waals surface area (Å²) in [7, 11) is 3.63. The lowest BCUT2D eigenvalue weighted by Gasteiger charge is -2.25. The van der Waals surface area contributed by atoms with Crippen molar-refractivity contribution < 1.29 is 9.84 Å². The minimum absolute atomic E-state index is 0.573. The molecule has 3 heterocycles. The summed E-state index contributed by atoms with van der Waals surface area (Å²) >= 11 is 1.50. The number of aliphatic hydroxyl groups excluding tert-OH is 1. The summed E-state index contributed by atoms with van der Waals surface area (Å²) < 4.78 is 8.35. The lowest BCUT2D eigenvalue weighted by molar-refractivity contribution is 0.199. The number of fused-ring (bicyclic) bond motifs is 3. The van der Waals surface area contributed by atoms with E-state index in [0.29, 0.717) is 11.6 Å². The number of methoxy groups -OCH3 is 1. The van der Waals surface area contributed by atoms with Crippen LogP contribution in [0.3, 0.4) is 0 Å². The summed E-state index contributed by atoms with van der Waals surface area (Å²) in [5.74, 6) is 0.823. The molecule has 1 unspecified atom stereocenters. The maximum atomic E-state index is 9.81. The van der Waals surface area contributed by atoms with E-state index in [1.807, 2.05) is 47.1 Å². The predicted molar refractivity (Wildman–Crippen MR) is 104 cm³/mol. The summed E-state index contributed by atoms with van der Waals surface area (Å²) in [6.07, 6.45) is 1.28. The molecule has 0 aliphatic carbocycles. The summed E-state index contributed by atoms with van der Waals surface area (Å²) in [4.78, 5) is 4.58. The zero-order chi connectivity index (χ0) is 18.4. The van der Waals surface area contributed by atoms with Crippen LogP contribution in [0, 0.1) is 0 Å².